The molecule has 0 aliphatic carbocycles. The monoisotopic (exact) mass is 521 g/mol. The summed E-state index contributed by atoms with van der Waals surface area (Å²) in [5.74, 6) is 1.87. The number of amides is 2. The first kappa shape index (κ1) is 25.9. The fraction of sp³-hybridized carbons (Fsp3) is 0.214. The number of benzene rings is 3. The second-order valence-corrected chi connectivity index (χ2v) is 8.75. The Morgan fingerprint density at radius 3 is 2.46 bits per heavy atom. The molecule has 0 unspecified atom stereocenters. The number of hydrogen-bond acceptors (Lipinski definition) is 5. The summed E-state index contributed by atoms with van der Waals surface area (Å²) < 4.78 is 16.0. The third-order valence-electron chi connectivity index (χ3n) is 6.01. The molecule has 0 spiro atoms. The number of halogens is 1. The number of nitrogens with zero attached hydrogens (tertiary/aromatic N) is 1. The minimum Gasteiger partial charge on any atom is -0.497 e. The van der Waals surface area contributed by atoms with Crippen molar-refractivity contribution in [1.82, 2.24) is 9.88 Å². The predicted octanol–water partition coefficient (Wildman–Crippen LogP) is 5.48. The van der Waals surface area contributed by atoms with E-state index in [2.05, 4.69) is 10.3 Å². The fourth-order valence-electron chi connectivity index (χ4n) is 3.98. The summed E-state index contributed by atoms with van der Waals surface area (Å²) in [5, 5.41) is 4.12. The van der Waals surface area contributed by atoms with E-state index in [1.165, 1.54) is 0 Å². The van der Waals surface area contributed by atoms with Gasteiger partial charge in [-0.05, 0) is 59.8 Å². The van der Waals surface area contributed by atoms with Crippen LogP contribution in [0.1, 0.15) is 11.1 Å². The van der Waals surface area contributed by atoms with Crippen LogP contribution in [-0.4, -0.2) is 43.8 Å². The van der Waals surface area contributed by atoms with Gasteiger partial charge in [0.1, 0.15) is 5.75 Å². The second-order valence-electron chi connectivity index (χ2n) is 8.35. The number of para-hydroxylation sites is 1. The van der Waals surface area contributed by atoms with Crippen LogP contribution in [0.3, 0.4) is 0 Å². The number of rotatable bonds is 9. The Labute approximate surface area is 219 Å². The lowest BCUT2D eigenvalue weighted by atomic mass is 10.1. The van der Waals surface area contributed by atoms with Gasteiger partial charge in [-0.15, -0.1) is 0 Å². The Morgan fingerprint density at radius 1 is 0.946 bits per heavy atom. The first-order chi connectivity index (χ1) is 17.9. The quantitative estimate of drug-likeness (QED) is 0.304. The third kappa shape index (κ3) is 6.16. The van der Waals surface area contributed by atoms with Gasteiger partial charge in [0.05, 0.1) is 44.1 Å². The molecule has 0 bridgehead atoms. The highest BCUT2D eigenvalue weighted by Gasteiger charge is 2.18. The van der Waals surface area contributed by atoms with Crippen LogP contribution in [-0.2, 0) is 13.0 Å². The van der Waals surface area contributed by atoms with Gasteiger partial charge in [0.25, 0.3) is 5.56 Å². The van der Waals surface area contributed by atoms with Crippen LogP contribution in [0.5, 0.6) is 17.2 Å². The van der Waals surface area contributed by atoms with Crippen LogP contribution in [0.2, 0.25) is 5.02 Å². The zero-order valence-electron chi connectivity index (χ0n) is 20.8. The van der Waals surface area contributed by atoms with Gasteiger partial charge in [0.2, 0.25) is 0 Å². The number of carbonyl (C=O) groups is 1. The van der Waals surface area contributed by atoms with Crippen LogP contribution in [0.15, 0.2) is 71.5 Å². The molecule has 0 saturated carbocycles. The highest BCUT2D eigenvalue weighted by atomic mass is 35.5. The van der Waals surface area contributed by atoms with Gasteiger partial charge in [0, 0.05) is 18.2 Å². The third-order valence-corrected chi connectivity index (χ3v) is 6.34. The molecule has 2 amide bonds. The number of aromatic nitrogens is 1. The average molecular weight is 522 g/mol. The van der Waals surface area contributed by atoms with Gasteiger partial charge in [-0.2, -0.15) is 0 Å². The number of methoxy groups -OCH3 is 3. The molecule has 2 N–H and O–H groups in total. The summed E-state index contributed by atoms with van der Waals surface area (Å²) in [7, 11) is 4.73. The number of fused-ring (bicyclic) bond motifs is 1. The first-order valence-electron chi connectivity index (χ1n) is 11.6. The number of urea groups is 1. The van der Waals surface area contributed by atoms with Crippen molar-refractivity contribution in [2.45, 2.75) is 13.0 Å². The van der Waals surface area contributed by atoms with E-state index in [1.54, 1.807) is 62.6 Å². The molecule has 0 atom stereocenters. The Balaban J connectivity index is 1.61. The molecular formula is C28H28ClN3O5. The molecule has 192 valence electrons. The fourth-order valence-corrected chi connectivity index (χ4v) is 4.17. The summed E-state index contributed by atoms with van der Waals surface area (Å²) >= 11 is 6.26. The smallest absolute Gasteiger partial charge is 0.322 e. The van der Waals surface area contributed by atoms with Crippen LogP contribution < -0.4 is 25.1 Å². The maximum absolute atomic E-state index is 13.4. The number of anilines is 1. The van der Waals surface area contributed by atoms with Crippen LogP contribution in [0, 0.1) is 0 Å². The van der Waals surface area contributed by atoms with Gasteiger partial charge in [0.15, 0.2) is 11.5 Å². The maximum atomic E-state index is 13.4. The molecule has 8 nitrogen and oxygen atoms in total. The molecule has 37 heavy (non-hydrogen) atoms. The number of nitrogens with one attached hydrogen (secondary N) is 2. The van der Waals surface area contributed by atoms with Crippen molar-refractivity contribution < 1.29 is 19.0 Å². The lowest BCUT2D eigenvalue weighted by Gasteiger charge is -2.24. The normalized spacial score (nSPS) is 10.7. The van der Waals surface area contributed by atoms with E-state index in [-0.39, 0.29) is 18.1 Å². The van der Waals surface area contributed by atoms with Crippen LogP contribution >= 0.6 is 11.6 Å². The van der Waals surface area contributed by atoms with Crippen LogP contribution in [0.25, 0.3) is 10.9 Å². The van der Waals surface area contributed by atoms with Gasteiger partial charge in [-0.25, -0.2) is 4.79 Å². The van der Waals surface area contributed by atoms with Crippen molar-refractivity contribution in [3.63, 3.8) is 0 Å². The van der Waals surface area contributed by atoms with E-state index in [1.807, 2.05) is 30.3 Å². The largest absolute Gasteiger partial charge is 0.497 e. The molecule has 0 saturated heterocycles. The highest BCUT2D eigenvalue weighted by molar-refractivity contribution is 6.33. The Kier molecular flexibility index (Phi) is 8.20. The molecule has 9 heteroatoms. The number of ether oxygens (including phenoxy) is 3. The van der Waals surface area contributed by atoms with E-state index in [9.17, 15) is 9.59 Å². The minimum atomic E-state index is -0.372. The summed E-state index contributed by atoms with van der Waals surface area (Å²) in [6.45, 7) is 0.437. The number of aromatic amines is 1. The molecule has 0 radical (unpaired) electrons. The van der Waals surface area contributed by atoms with Gasteiger partial charge in [-0.1, -0.05) is 29.8 Å². The Morgan fingerprint density at radius 2 is 1.73 bits per heavy atom. The highest BCUT2D eigenvalue weighted by Crippen LogP contribution is 2.28. The minimum absolute atomic E-state index is 0.0981. The van der Waals surface area contributed by atoms with Gasteiger partial charge >= 0.3 is 6.03 Å². The summed E-state index contributed by atoms with van der Waals surface area (Å²) in [5.41, 5.74) is 2.28. The molecule has 4 rings (SSSR count). The van der Waals surface area contributed by atoms with Crippen molar-refractivity contribution >= 4 is 34.2 Å². The van der Waals surface area contributed by atoms with Crippen molar-refractivity contribution in [3.05, 3.63) is 93.2 Å². The summed E-state index contributed by atoms with van der Waals surface area (Å²) in [6, 6.07) is 19.5. The van der Waals surface area contributed by atoms with Crippen molar-refractivity contribution in [2.75, 3.05) is 33.2 Å². The lowest BCUT2D eigenvalue weighted by molar-refractivity contribution is 0.209. The molecule has 0 fully saturated rings. The number of pyridine rings is 1. The van der Waals surface area contributed by atoms with Gasteiger partial charge in [-0.3, -0.25) is 4.79 Å². The molecule has 1 heterocycles. The molecule has 4 aromatic rings. The first-order valence-corrected chi connectivity index (χ1v) is 12.0. The van der Waals surface area contributed by atoms with Crippen molar-refractivity contribution in [2.24, 2.45) is 0 Å². The van der Waals surface area contributed by atoms with Crippen molar-refractivity contribution in [3.8, 4) is 17.2 Å². The second kappa shape index (κ2) is 11.7. The number of H-pyrrole nitrogens is 1. The Bertz CT molecular complexity index is 1470. The molecular weight excluding hydrogens is 494 g/mol. The van der Waals surface area contributed by atoms with E-state index >= 15 is 0 Å². The van der Waals surface area contributed by atoms with Crippen molar-refractivity contribution in [1.29, 1.82) is 0 Å². The zero-order valence-corrected chi connectivity index (χ0v) is 21.6. The molecule has 3 aromatic carbocycles. The van der Waals surface area contributed by atoms with E-state index < -0.39 is 0 Å². The molecule has 0 aliphatic rings. The predicted molar refractivity (Wildman–Crippen MR) is 145 cm³/mol. The molecule has 0 aliphatic heterocycles. The maximum Gasteiger partial charge on any atom is 0.322 e. The van der Waals surface area contributed by atoms with E-state index in [4.69, 9.17) is 25.8 Å². The Hall–Kier alpha value is -4.17. The lowest BCUT2D eigenvalue weighted by Crippen LogP contribution is -2.37. The van der Waals surface area contributed by atoms with E-state index in [0.717, 1.165) is 10.9 Å². The van der Waals surface area contributed by atoms with Crippen LogP contribution in [0.4, 0.5) is 10.5 Å². The van der Waals surface area contributed by atoms with Gasteiger partial charge < -0.3 is 29.4 Å². The summed E-state index contributed by atoms with van der Waals surface area (Å²) in [4.78, 5) is 30.8. The molecule has 1 aromatic heterocycles. The standard InChI is InChI=1S/C28H28ClN3O5/c1-35-21-10-9-19-15-20(27(33)30-24(19)16-21)17-32(28(34)31-23-7-5-4-6-22(23)29)13-12-18-8-11-25(36-2)26(14-18)37-3/h4-11,14-16H,12-13,17H2,1-3H3,(H,30,33)(H,31,34). The number of hydrogen-bond donors (Lipinski definition) is 2. The number of carbonyl (C=O) groups excluding carboxylic acids is 1. The van der Waals surface area contributed by atoms with E-state index in [0.29, 0.717) is 52.0 Å². The average Bonchev–Trinajstić information content (AvgIpc) is 2.91. The topological polar surface area (TPSA) is 92.9 Å². The zero-order chi connectivity index (χ0) is 26.4. The summed E-state index contributed by atoms with van der Waals surface area (Å²) in [6.07, 6.45) is 0.527. The SMILES string of the molecule is COc1ccc2cc(CN(CCc3ccc(OC)c(OC)c3)C(=O)Nc3ccccc3Cl)c(=O)[nH]c2c1.